The Kier molecular flexibility index (Phi) is 5.74. The van der Waals surface area contributed by atoms with E-state index in [0.717, 1.165) is 13.1 Å². The van der Waals surface area contributed by atoms with Crippen molar-refractivity contribution in [3.8, 4) is 0 Å². The minimum atomic E-state index is -0.242. The van der Waals surface area contributed by atoms with Crippen LogP contribution in [0.25, 0.3) is 0 Å². The van der Waals surface area contributed by atoms with Gasteiger partial charge in [-0.2, -0.15) is 0 Å². The van der Waals surface area contributed by atoms with E-state index in [1.54, 1.807) is 24.3 Å². The molecule has 0 radical (unpaired) electrons. The molecule has 2 N–H and O–H groups in total. The molecule has 6 nitrogen and oxygen atoms in total. The van der Waals surface area contributed by atoms with Gasteiger partial charge in [-0.05, 0) is 39.0 Å². The standard InChI is InChI=1S/C17H25N3O3/c1-11-9-20(10-12(2)23-11)13(3)17(22)19-16-7-5-6-15(8-16)18-14(4)21/h5-8,11-13H,9-10H2,1-4H3,(H,18,21)(H,19,22). The first kappa shape index (κ1) is 17.4. The molecule has 1 fully saturated rings. The van der Waals surface area contributed by atoms with Crippen LogP contribution >= 0.6 is 0 Å². The summed E-state index contributed by atoms with van der Waals surface area (Å²) in [6, 6.07) is 6.89. The van der Waals surface area contributed by atoms with Gasteiger partial charge in [0.25, 0.3) is 0 Å². The van der Waals surface area contributed by atoms with Crippen LogP contribution in [0.4, 0.5) is 11.4 Å². The zero-order valence-electron chi connectivity index (χ0n) is 14.1. The molecule has 0 aromatic heterocycles. The fraction of sp³-hybridized carbons (Fsp3) is 0.529. The molecular formula is C17H25N3O3. The molecule has 3 unspecified atom stereocenters. The van der Waals surface area contributed by atoms with Crippen LogP contribution < -0.4 is 10.6 Å². The maximum atomic E-state index is 12.5. The number of rotatable bonds is 4. The molecule has 1 aliphatic rings. The SMILES string of the molecule is CC(=O)Nc1cccc(NC(=O)C(C)N2CC(C)OC(C)C2)c1. The average Bonchev–Trinajstić information content (AvgIpc) is 2.45. The number of ether oxygens (including phenoxy) is 1. The van der Waals surface area contributed by atoms with Crippen LogP contribution in [0.5, 0.6) is 0 Å². The number of hydrogen-bond donors (Lipinski definition) is 2. The third kappa shape index (κ3) is 5.04. The zero-order valence-corrected chi connectivity index (χ0v) is 14.1. The lowest BCUT2D eigenvalue weighted by Gasteiger charge is -2.38. The fourth-order valence-corrected chi connectivity index (χ4v) is 2.82. The molecule has 2 amide bonds. The van der Waals surface area contributed by atoms with Crippen LogP contribution in [-0.2, 0) is 14.3 Å². The Hall–Kier alpha value is -1.92. The highest BCUT2D eigenvalue weighted by atomic mass is 16.5. The van der Waals surface area contributed by atoms with Gasteiger partial charge in [0.15, 0.2) is 0 Å². The van der Waals surface area contributed by atoms with Crippen molar-refractivity contribution in [3.63, 3.8) is 0 Å². The summed E-state index contributed by atoms with van der Waals surface area (Å²) in [6.45, 7) is 8.87. The van der Waals surface area contributed by atoms with Crippen LogP contribution in [-0.4, -0.2) is 48.1 Å². The highest BCUT2D eigenvalue weighted by Crippen LogP contribution is 2.18. The van der Waals surface area contributed by atoms with Crippen molar-refractivity contribution in [2.24, 2.45) is 0 Å². The molecule has 0 saturated carbocycles. The lowest BCUT2D eigenvalue weighted by Crippen LogP contribution is -2.52. The van der Waals surface area contributed by atoms with Gasteiger partial charge in [0.2, 0.25) is 11.8 Å². The maximum Gasteiger partial charge on any atom is 0.241 e. The molecule has 2 rings (SSSR count). The van der Waals surface area contributed by atoms with Crippen LogP contribution in [0.15, 0.2) is 24.3 Å². The van der Waals surface area contributed by atoms with Gasteiger partial charge in [0.1, 0.15) is 0 Å². The summed E-state index contributed by atoms with van der Waals surface area (Å²) < 4.78 is 5.70. The first-order valence-corrected chi connectivity index (χ1v) is 7.93. The minimum absolute atomic E-state index is 0.0636. The van der Waals surface area contributed by atoms with E-state index in [2.05, 4.69) is 15.5 Å². The minimum Gasteiger partial charge on any atom is -0.373 e. The number of nitrogens with one attached hydrogen (secondary N) is 2. The summed E-state index contributed by atoms with van der Waals surface area (Å²) in [7, 11) is 0. The highest BCUT2D eigenvalue weighted by Gasteiger charge is 2.29. The molecule has 23 heavy (non-hydrogen) atoms. The second-order valence-corrected chi connectivity index (χ2v) is 6.14. The molecule has 1 saturated heterocycles. The van der Waals surface area contributed by atoms with E-state index in [0.29, 0.717) is 11.4 Å². The van der Waals surface area contributed by atoms with Crippen LogP contribution in [0, 0.1) is 0 Å². The van der Waals surface area contributed by atoms with Crippen molar-refractivity contribution in [1.29, 1.82) is 0 Å². The van der Waals surface area contributed by atoms with Crippen molar-refractivity contribution in [2.75, 3.05) is 23.7 Å². The lowest BCUT2D eigenvalue weighted by molar-refractivity contribution is -0.126. The predicted molar refractivity (Wildman–Crippen MR) is 90.4 cm³/mol. The summed E-state index contributed by atoms with van der Waals surface area (Å²) in [5, 5.41) is 5.62. The Labute approximate surface area is 137 Å². The van der Waals surface area contributed by atoms with Crippen molar-refractivity contribution >= 4 is 23.2 Å². The van der Waals surface area contributed by atoms with E-state index in [9.17, 15) is 9.59 Å². The molecule has 1 aromatic rings. The van der Waals surface area contributed by atoms with E-state index in [-0.39, 0.29) is 30.1 Å². The number of anilines is 2. The number of nitrogens with zero attached hydrogens (tertiary/aromatic N) is 1. The number of hydrogen-bond acceptors (Lipinski definition) is 4. The largest absolute Gasteiger partial charge is 0.373 e. The van der Waals surface area contributed by atoms with Crippen molar-refractivity contribution in [3.05, 3.63) is 24.3 Å². The third-order valence-electron chi connectivity index (χ3n) is 3.83. The van der Waals surface area contributed by atoms with Gasteiger partial charge in [-0.3, -0.25) is 14.5 Å². The molecule has 1 aromatic carbocycles. The summed E-state index contributed by atoms with van der Waals surface area (Å²) in [4.78, 5) is 25.7. The number of benzene rings is 1. The average molecular weight is 319 g/mol. The van der Waals surface area contributed by atoms with E-state index < -0.39 is 0 Å². The maximum absolute atomic E-state index is 12.5. The number of amides is 2. The topological polar surface area (TPSA) is 70.7 Å². The van der Waals surface area contributed by atoms with Crippen LogP contribution in [0.3, 0.4) is 0 Å². The molecule has 0 aliphatic carbocycles. The molecular weight excluding hydrogens is 294 g/mol. The van der Waals surface area contributed by atoms with Crippen molar-refractivity contribution < 1.29 is 14.3 Å². The third-order valence-corrected chi connectivity index (χ3v) is 3.83. The summed E-state index contributed by atoms with van der Waals surface area (Å²) in [5.41, 5.74) is 1.33. The first-order chi connectivity index (χ1) is 10.8. The number of carbonyl (C=O) groups is 2. The monoisotopic (exact) mass is 319 g/mol. The molecule has 0 bridgehead atoms. The molecule has 1 heterocycles. The van der Waals surface area contributed by atoms with Crippen molar-refractivity contribution in [1.82, 2.24) is 4.90 Å². The van der Waals surface area contributed by atoms with E-state index in [4.69, 9.17) is 4.74 Å². The van der Waals surface area contributed by atoms with Crippen LogP contribution in [0.2, 0.25) is 0 Å². The molecule has 0 spiro atoms. The predicted octanol–water partition coefficient (Wildman–Crippen LogP) is 2.08. The normalized spacial score (nSPS) is 23.1. The zero-order chi connectivity index (χ0) is 17.0. The van der Waals surface area contributed by atoms with Crippen LogP contribution in [0.1, 0.15) is 27.7 Å². The Bertz CT molecular complexity index is 566. The number of morpholine rings is 1. The smallest absolute Gasteiger partial charge is 0.241 e. The summed E-state index contributed by atoms with van der Waals surface area (Å²) in [6.07, 6.45) is 0.245. The van der Waals surface area contributed by atoms with Crippen molar-refractivity contribution in [2.45, 2.75) is 45.9 Å². The quantitative estimate of drug-likeness (QED) is 0.891. The first-order valence-electron chi connectivity index (χ1n) is 7.93. The van der Waals surface area contributed by atoms with Gasteiger partial charge in [-0.25, -0.2) is 0 Å². The van der Waals surface area contributed by atoms with Gasteiger partial charge in [-0.1, -0.05) is 6.07 Å². The second kappa shape index (κ2) is 7.57. The van der Waals surface area contributed by atoms with E-state index in [1.807, 2.05) is 20.8 Å². The summed E-state index contributed by atoms with van der Waals surface area (Å²) >= 11 is 0. The molecule has 3 atom stereocenters. The second-order valence-electron chi connectivity index (χ2n) is 6.14. The Morgan fingerprint density at radius 2 is 1.74 bits per heavy atom. The molecule has 1 aliphatic heterocycles. The van der Waals surface area contributed by atoms with Gasteiger partial charge < -0.3 is 15.4 Å². The van der Waals surface area contributed by atoms with Gasteiger partial charge in [0.05, 0.1) is 18.2 Å². The van der Waals surface area contributed by atoms with Gasteiger partial charge >= 0.3 is 0 Å². The Balaban J connectivity index is 1.99. The van der Waals surface area contributed by atoms with E-state index >= 15 is 0 Å². The Morgan fingerprint density at radius 1 is 1.17 bits per heavy atom. The van der Waals surface area contributed by atoms with E-state index in [1.165, 1.54) is 6.92 Å². The summed E-state index contributed by atoms with van der Waals surface area (Å²) in [5.74, 6) is -0.204. The fourth-order valence-electron chi connectivity index (χ4n) is 2.82. The Morgan fingerprint density at radius 3 is 2.30 bits per heavy atom. The lowest BCUT2D eigenvalue weighted by atomic mass is 10.1. The molecule has 126 valence electrons. The van der Waals surface area contributed by atoms with Gasteiger partial charge in [0, 0.05) is 31.4 Å². The molecule has 6 heteroatoms. The number of carbonyl (C=O) groups excluding carboxylic acids is 2. The highest BCUT2D eigenvalue weighted by molar-refractivity contribution is 5.96. The van der Waals surface area contributed by atoms with Gasteiger partial charge in [-0.15, -0.1) is 0 Å².